The monoisotopic (exact) mass is 420 g/mol. The van der Waals surface area contributed by atoms with Crippen LogP contribution in [0.1, 0.15) is 45.9 Å². The molecule has 0 N–H and O–H groups in total. The van der Waals surface area contributed by atoms with Crippen molar-refractivity contribution in [2.45, 2.75) is 54.9 Å². The first-order chi connectivity index (χ1) is 14.3. The molecule has 0 spiro atoms. The zero-order valence-corrected chi connectivity index (χ0v) is 19.7. The molecule has 3 nitrogen and oxygen atoms in total. The summed E-state index contributed by atoms with van der Waals surface area (Å²) in [5.74, 6) is 0.820. The normalized spacial score (nSPS) is 11.3. The summed E-state index contributed by atoms with van der Waals surface area (Å²) in [6.07, 6.45) is 0.890. The lowest BCUT2D eigenvalue weighted by Crippen LogP contribution is -1.90. The third-order valence-electron chi connectivity index (χ3n) is 6.08. The van der Waals surface area contributed by atoms with E-state index < -0.39 is 8.24 Å². The summed E-state index contributed by atoms with van der Waals surface area (Å²) >= 11 is 0. The molecule has 0 radical (unpaired) electrons. The molecule has 0 aliphatic carbocycles. The van der Waals surface area contributed by atoms with Gasteiger partial charge in [0.15, 0.2) is 0 Å². The summed E-state index contributed by atoms with van der Waals surface area (Å²) in [5.41, 5.74) is 9.95. The number of rotatable bonds is 3. The van der Waals surface area contributed by atoms with E-state index in [1.807, 2.05) is 18.2 Å². The molecule has 4 aromatic rings. The summed E-state index contributed by atoms with van der Waals surface area (Å²) in [7, 11) is -1.65. The van der Waals surface area contributed by atoms with Crippen molar-refractivity contribution >= 4 is 30.2 Å². The van der Waals surface area contributed by atoms with Crippen LogP contribution in [0.25, 0.3) is 21.9 Å². The molecule has 0 amide bonds. The van der Waals surface area contributed by atoms with E-state index in [0.717, 1.165) is 50.8 Å². The van der Waals surface area contributed by atoms with Crippen molar-refractivity contribution in [3.8, 4) is 5.75 Å². The lowest BCUT2D eigenvalue weighted by molar-refractivity contribution is 0.493. The zero-order valence-electron chi connectivity index (χ0n) is 18.8. The van der Waals surface area contributed by atoms with Crippen LogP contribution in [-0.2, 0) is 6.42 Å². The van der Waals surface area contributed by atoms with Crippen LogP contribution in [0, 0.1) is 41.5 Å². The topological polar surface area (TPSA) is 35.5 Å². The van der Waals surface area contributed by atoms with Crippen molar-refractivity contribution in [1.29, 1.82) is 0 Å². The van der Waals surface area contributed by atoms with Gasteiger partial charge in [0.05, 0.1) is 0 Å². The quantitative estimate of drug-likeness (QED) is 0.333. The molecule has 4 rings (SSSR count). The van der Waals surface area contributed by atoms with Gasteiger partial charge in [-0.2, -0.15) is 0 Å². The van der Waals surface area contributed by atoms with Gasteiger partial charge in [-0.25, -0.2) is 0 Å². The van der Waals surface area contributed by atoms with Gasteiger partial charge in [-0.15, -0.1) is 0 Å². The number of benzene rings is 3. The van der Waals surface area contributed by atoms with Crippen LogP contribution in [0.4, 0.5) is 0 Å². The third-order valence-corrected chi connectivity index (χ3v) is 7.09. The average molecular weight is 420 g/mol. The number of aryl methyl sites for hydroxylation is 7. The molecule has 4 heteroatoms. The number of hydrogen-bond donors (Lipinski definition) is 0. The number of para-hydroxylation sites is 1. The molecule has 0 bridgehead atoms. The molecule has 0 saturated carbocycles. The maximum Gasteiger partial charge on any atom is 0.453 e. The van der Waals surface area contributed by atoms with Gasteiger partial charge in [0.2, 0.25) is 0 Å². The number of fused-ring (bicyclic) bond motifs is 3. The zero-order chi connectivity index (χ0) is 21.6. The minimum Gasteiger partial charge on any atom is -0.390 e. The Morgan fingerprint density at radius 3 is 1.73 bits per heavy atom. The predicted molar refractivity (Wildman–Crippen MR) is 127 cm³/mol. The highest BCUT2D eigenvalue weighted by Gasteiger charge is 2.18. The van der Waals surface area contributed by atoms with Crippen LogP contribution in [0.5, 0.6) is 5.75 Å². The minimum absolute atomic E-state index is 0.820. The maximum atomic E-state index is 6.51. The van der Waals surface area contributed by atoms with E-state index >= 15 is 0 Å². The highest BCUT2D eigenvalue weighted by atomic mass is 31.1. The molecule has 0 aliphatic rings. The fourth-order valence-electron chi connectivity index (χ4n) is 4.12. The molecule has 0 aliphatic heterocycles. The van der Waals surface area contributed by atoms with Gasteiger partial charge >= 0.3 is 8.24 Å². The molecular weight excluding hydrogens is 391 g/mol. The molecule has 30 heavy (non-hydrogen) atoms. The summed E-state index contributed by atoms with van der Waals surface area (Å²) in [5, 5.41) is 2.23. The molecular formula is C26H29O3P. The summed E-state index contributed by atoms with van der Waals surface area (Å²) < 4.78 is 19.4. The Morgan fingerprint density at radius 1 is 0.733 bits per heavy atom. The second-order valence-electron chi connectivity index (χ2n) is 8.14. The van der Waals surface area contributed by atoms with Gasteiger partial charge in [-0.3, -0.25) is 0 Å². The Labute approximate surface area is 179 Å². The third kappa shape index (κ3) is 3.42. The summed E-state index contributed by atoms with van der Waals surface area (Å²) in [6, 6.07) is 12.6. The largest absolute Gasteiger partial charge is 0.453 e. The van der Waals surface area contributed by atoms with E-state index in [0.29, 0.717) is 0 Å². The van der Waals surface area contributed by atoms with E-state index in [1.54, 1.807) is 0 Å². The Bertz CT molecular complexity index is 1240. The molecule has 0 atom stereocenters. The van der Waals surface area contributed by atoms with Crippen LogP contribution in [0.15, 0.2) is 44.8 Å². The van der Waals surface area contributed by atoms with Gasteiger partial charge in [0.25, 0.3) is 0 Å². The van der Waals surface area contributed by atoms with Gasteiger partial charge in [-0.1, -0.05) is 37.3 Å². The second kappa shape index (κ2) is 7.89. The molecule has 0 saturated heterocycles. The molecule has 0 unspecified atom stereocenters. The van der Waals surface area contributed by atoms with E-state index in [4.69, 9.17) is 12.9 Å². The van der Waals surface area contributed by atoms with E-state index in [9.17, 15) is 0 Å². The fourth-order valence-corrected chi connectivity index (χ4v) is 5.33. The van der Waals surface area contributed by atoms with Crippen LogP contribution in [0.3, 0.4) is 0 Å². The van der Waals surface area contributed by atoms with Crippen molar-refractivity contribution in [2.75, 3.05) is 0 Å². The SMILES string of the molecule is CCc1ccccc1Op1oc2c(C)c(C)cc(C)c2c2c(C)cc(C)c(C)c2o1. The van der Waals surface area contributed by atoms with Crippen LogP contribution in [-0.4, -0.2) is 0 Å². The standard InChI is InChI=1S/C26H29O3P/c1-8-21-11-9-10-12-22(21)27-30-28-25-19(6)15(2)13-17(4)23(25)24-18(5)14-16(3)20(7)26(24)29-30/h9-14H,8H2,1-7H3. The summed E-state index contributed by atoms with van der Waals surface area (Å²) in [4.78, 5) is 0. The highest BCUT2D eigenvalue weighted by Crippen LogP contribution is 2.42. The lowest BCUT2D eigenvalue weighted by atomic mass is 9.94. The lowest BCUT2D eigenvalue weighted by Gasteiger charge is -2.10. The van der Waals surface area contributed by atoms with Crippen molar-refractivity contribution in [3.05, 3.63) is 75.3 Å². The van der Waals surface area contributed by atoms with E-state index in [1.165, 1.54) is 22.3 Å². The fraction of sp³-hybridized carbons (Fsp3) is 0.308. The maximum absolute atomic E-state index is 6.51. The van der Waals surface area contributed by atoms with E-state index in [2.05, 4.69) is 66.7 Å². The Morgan fingerprint density at radius 2 is 1.23 bits per heavy atom. The first-order valence-corrected chi connectivity index (χ1v) is 11.5. The van der Waals surface area contributed by atoms with Crippen LogP contribution < -0.4 is 4.52 Å². The highest BCUT2D eigenvalue weighted by molar-refractivity contribution is 7.32. The average Bonchev–Trinajstić information content (AvgIpc) is 2.89. The molecule has 0 fully saturated rings. The molecule has 156 valence electrons. The second-order valence-corrected chi connectivity index (χ2v) is 9.13. The predicted octanol–water partition coefficient (Wildman–Crippen LogP) is 8.55. The minimum atomic E-state index is -1.65. The molecule has 1 aromatic heterocycles. The van der Waals surface area contributed by atoms with Crippen molar-refractivity contribution in [1.82, 2.24) is 0 Å². The summed E-state index contributed by atoms with van der Waals surface area (Å²) in [6.45, 7) is 14.9. The van der Waals surface area contributed by atoms with E-state index in [-0.39, 0.29) is 0 Å². The van der Waals surface area contributed by atoms with Gasteiger partial charge < -0.3 is 12.9 Å². The van der Waals surface area contributed by atoms with Crippen LogP contribution >= 0.6 is 8.24 Å². The first-order valence-electron chi connectivity index (χ1n) is 10.5. The van der Waals surface area contributed by atoms with Crippen molar-refractivity contribution < 1.29 is 12.9 Å². The van der Waals surface area contributed by atoms with Gasteiger partial charge in [-0.05, 0) is 93.0 Å². The van der Waals surface area contributed by atoms with Crippen molar-refractivity contribution in [2.24, 2.45) is 0 Å². The van der Waals surface area contributed by atoms with Crippen LogP contribution in [0.2, 0.25) is 0 Å². The number of hydrogen-bond acceptors (Lipinski definition) is 3. The Hall–Kier alpha value is -2.64. The smallest absolute Gasteiger partial charge is 0.390 e. The van der Waals surface area contributed by atoms with Gasteiger partial charge in [0, 0.05) is 10.8 Å². The van der Waals surface area contributed by atoms with Crippen molar-refractivity contribution in [3.63, 3.8) is 0 Å². The Kier molecular flexibility index (Phi) is 5.42. The molecule has 3 aromatic carbocycles. The first kappa shape index (κ1) is 20.6. The Balaban J connectivity index is 2.17. The van der Waals surface area contributed by atoms with Gasteiger partial charge in [0.1, 0.15) is 16.9 Å². The molecule has 1 heterocycles.